The standard InChI is InChI=1S/C20H30O8/c1-15(2)18(22)26-19(25-14-13-24-12-11-21)20(23,27-16-7-3-4-8-16)28-17-9-5-6-10-17/h7,9,19,21,23H,1,3-6,8,10-14H2,2H3. The van der Waals surface area contributed by atoms with Gasteiger partial charge in [0.25, 0.3) is 0 Å². The molecule has 0 bridgehead atoms. The second-order valence-corrected chi connectivity index (χ2v) is 6.68. The Kier molecular flexibility index (Phi) is 8.98. The van der Waals surface area contributed by atoms with E-state index in [1.165, 1.54) is 6.92 Å². The zero-order chi connectivity index (χ0) is 20.4. The molecular weight excluding hydrogens is 368 g/mol. The lowest BCUT2D eigenvalue weighted by molar-refractivity contribution is -0.414. The molecule has 1 unspecified atom stereocenters. The van der Waals surface area contributed by atoms with Gasteiger partial charge in [-0.2, -0.15) is 0 Å². The molecule has 0 fully saturated rings. The second kappa shape index (κ2) is 11.2. The molecule has 8 heteroatoms. The Morgan fingerprint density at radius 1 is 1.14 bits per heavy atom. The van der Waals surface area contributed by atoms with Crippen molar-refractivity contribution < 1.29 is 38.7 Å². The maximum Gasteiger partial charge on any atom is 0.435 e. The zero-order valence-corrected chi connectivity index (χ0v) is 16.4. The molecule has 2 N–H and O–H groups in total. The van der Waals surface area contributed by atoms with Gasteiger partial charge in [0.05, 0.1) is 37.9 Å². The number of carbonyl (C=O) groups excluding carboxylic acids is 1. The van der Waals surface area contributed by atoms with Crippen LogP contribution in [0.25, 0.3) is 0 Å². The normalized spacial score (nSPS) is 17.7. The molecule has 2 rings (SSSR count). The van der Waals surface area contributed by atoms with Gasteiger partial charge in [-0.1, -0.05) is 6.58 Å². The lowest BCUT2D eigenvalue weighted by atomic mass is 10.3. The molecule has 0 aromatic carbocycles. The highest BCUT2D eigenvalue weighted by Crippen LogP contribution is 2.33. The van der Waals surface area contributed by atoms with Gasteiger partial charge in [0.15, 0.2) is 0 Å². The first-order valence-electron chi connectivity index (χ1n) is 9.60. The van der Waals surface area contributed by atoms with Crippen LogP contribution in [-0.2, 0) is 28.5 Å². The molecular formula is C20H30O8. The summed E-state index contributed by atoms with van der Waals surface area (Å²) in [4.78, 5) is 12.1. The number of aliphatic hydroxyl groups is 2. The lowest BCUT2D eigenvalue weighted by Crippen LogP contribution is -2.51. The molecule has 0 aromatic heterocycles. The summed E-state index contributed by atoms with van der Waals surface area (Å²) in [7, 11) is 0. The van der Waals surface area contributed by atoms with Crippen LogP contribution in [0.4, 0.5) is 0 Å². The molecule has 0 aromatic rings. The number of allylic oxidation sites excluding steroid dienone is 4. The van der Waals surface area contributed by atoms with Crippen molar-refractivity contribution in [2.45, 2.75) is 57.7 Å². The van der Waals surface area contributed by atoms with E-state index in [0.717, 1.165) is 25.7 Å². The van der Waals surface area contributed by atoms with E-state index in [9.17, 15) is 9.90 Å². The van der Waals surface area contributed by atoms with Crippen molar-refractivity contribution in [3.8, 4) is 0 Å². The van der Waals surface area contributed by atoms with Crippen LogP contribution in [0, 0.1) is 0 Å². The molecule has 158 valence electrons. The first kappa shape index (κ1) is 22.4. The van der Waals surface area contributed by atoms with E-state index in [2.05, 4.69) is 6.58 Å². The minimum atomic E-state index is -2.34. The topological polar surface area (TPSA) is 104 Å². The van der Waals surface area contributed by atoms with Crippen molar-refractivity contribution in [3.05, 3.63) is 35.8 Å². The second-order valence-electron chi connectivity index (χ2n) is 6.68. The van der Waals surface area contributed by atoms with Gasteiger partial charge in [-0.25, -0.2) is 4.79 Å². The summed E-state index contributed by atoms with van der Waals surface area (Å²) in [5.41, 5.74) is 0.146. The van der Waals surface area contributed by atoms with Crippen LogP contribution < -0.4 is 0 Å². The van der Waals surface area contributed by atoms with Crippen LogP contribution in [0.5, 0.6) is 0 Å². The Hall–Kier alpha value is -1.87. The molecule has 0 amide bonds. The van der Waals surface area contributed by atoms with Crippen molar-refractivity contribution in [1.29, 1.82) is 0 Å². The summed E-state index contributed by atoms with van der Waals surface area (Å²) in [6, 6.07) is 0. The Balaban J connectivity index is 2.15. The van der Waals surface area contributed by atoms with E-state index >= 15 is 0 Å². The molecule has 0 radical (unpaired) electrons. The molecule has 2 aliphatic carbocycles. The first-order valence-corrected chi connectivity index (χ1v) is 9.60. The van der Waals surface area contributed by atoms with Crippen LogP contribution in [0.3, 0.4) is 0 Å². The predicted molar refractivity (Wildman–Crippen MR) is 99.5 cm³/mol. The predicted octanol–water partition coefficient (Wildman–Crippen LogP) is 2.27. The highest BCUT2D eigenvalue weighted by Gasteiger charge is 2.48. The third-order valence-corrected chi connectivity index (χ3v) is 4.15. The number of ether oxygens (including phenoxy) is 5. The molecule has 8 nitrogen and oxygen atoms in total. The maximum absolute atomic E-state index is 12.1. The first-order chi connectivity index (χ1) is 13.4. The number of aliphatic hydroxyl groups excluding tert-OH is 1. The van der Waals surface area contributed by atoms with Crippen molar-refractivity contribution in [2.24, 2.45) is 0 Å². The summed E-state index contributed by atoms with van der Waals surface area (Å²) in [6.45, 7) is 5.18. The molecule has 0 aliphatic heterocycles. The molecule has 1 atom stereocenters. The summed E-state index contributed by atoms with van der Waals surface area (Å²) in [5, 5.41) is 20.0. The van der Waals surface area contributed by atoms with Crippen LogP contribution in [0.15, 0.2) is 35.8 Å². The van der Waals surface area contributed by atoms with Gasteiger partial charge in [0.1, 0.15) is 0 Å². The summed E-state index contributed by atoms with van der Waals surface area (Å²) in [5.74, 6) is -1.98. The summed E-state index contributed by atoms with van der Waals surface area (Å²) < 4.78 is 27.4. The fourth-order valence-corrected chi connectivity index (χ4v) is 2.75. The van der Waals surface area contributed by atoms with Crippen molar-refractivity contribution in [1.82, 2.24) is 0 Å². The van der Waals surface area contributed by atoms with E-state index in [0.29, 0.717) is 24.4 Å². The average molecular weight is 398 g/mol. The van der Waals surface area contributed by atoms with Crippen LogP contribution >= 0.6 is 0 Å². The van der Waals surface area contributed by atoms with E-state index in [-0.39, 0.29) is 32.0 Å². The summed E-state index contributed by atoms with van der Waals surface area (Å²) in [6.07, 6.45) is 6.92. The number of carbonyl (C=O) groups is 1. The molecule has 0 spiro atoms. The third-order valence-electron chi connectivity index (χ3n) is 4.15. The fourth-order valence-electron chi connectivity index (χ4n) is 2.75. The molecule has 0 saturated carbocycles. The Bertz CT molecular complexity index is 569. The van der Waals surface area contributed by atoms with Crippen LogP contribution in [0.2, 0.25) is 0 Å². The summed E-state index contributed by atoms with van der Waals surface area (Å²) >= 11 is 0. The van der Waals surface area contributed by atoms with Crippen molar-refractivity contribution >= 4 is 5.97 Å². The fraction of sp³-hybridized carbons (Fsp3) is 0.650. The highest BCUT2D eigenvalue weighted by molar-refractivity contribution is 5.87. The minimum absolute atomic E-state index is 0.0126. The van der Waals surface area contributed by atoms with Gasteiger partial charge in [-0.05, 0) is 44.8 Å². The third kappa shape index (κ3) is 6.94. The molecule has 0 saturated heterocycles. The SMILES string of the molecule is C=C(C)C(=O)OC(OCCOCCO)C(O)(OC1=CCCC1)OC1=CCCC1. The van der Waals surface area contributed by atoms with Crippen LogP contribution in [-0.4, -0.2) is 54.9 Å². The Morgan fingerprint density at radius 3 is 2.21 bits per heavy atom. The van der Waals surface area contributed by atoms with E-state index < -0.39 is 18.2 Å². The minimum Gasteiger partial charge on any atom is -0.430 e. The van der Waals surface area contributed by atoms with Gasteiger partial charge >= 0.3 is 18.2 Å². The van der Waals surface area contributed by atoms with Crippen molar-refractivity contribution in [3.63, 3.8) is 0 Å². The Morgan fingerprint density at radius 2 is 1.75 bits per heavy atom. The van der Waals surface area contributed by atoms with Gasteiger partial charge in [-0.3, -0.25) is 0 Å². The highest BCUT2D eigenvalue weighted by atomic mass is 16.9. The monoisotopic (exact) mass is 398 g/mol. The van der Waals surface area contributed by atoms with Gasteiger partial charge in [0.2, 0.25) is 0 Å². The Labute approximate surface area is 165 Å². The van der Waals surface area contributed by atoms with Crippen LogP contribution in [0.1, 0.15) is 45.4 Å². The number of esters is 1. The molecule has 0 heterocycles. The smallest absolute Gasteiger partial charge is 0.430 e. The molecule has 2 aliphatic rings. The van der Waals surface area contributed by atoms with Gasteiger partial charge in [-0.15, -0.1) is 0 Å². The maximum atomic E-state index is 12.1. The largest absolute Gasteiger partial charge is 0.435 e. The number of hydrogen-bond donors (Lipinski definition) is 2. The quantitative estimate of drug-likeness (QED) is 0.211. The van der Waals surface area contributed by atoms with Crippen molar-refractivity contribution in [2.75, 3.05) is 26.4 Å². The van der Waals surface area contributed by atoms with Gasteiger partial charge in [0, 0.05) is 18.4 Å². The average Bonchev–Trinajstić information content (AvgIpc) is 3.34. The van der Waals surface area contributed by atoms with E-state index in [1.54, 1.807) is 0 Å². The van der Waals surface area contributed by atoms with Gasteiger partial charge < -0.3 is 33.9 Å². The lowest BCUT2D eigenvalue weighted by Gasteiger charge is -2.35. The number of rotatable bonds is 13. The van der Waals surface area contributed by atoms with E-state index in [1.807, 2.05) is 12.2 Å². The number of hydrogen-bond acceptors (Lipinski definition) is 8. The zero-order valence-electron chi connectivity index (χ0n) is 16.4. The molecule has 28 heavy (non-hydrogen) atoms. The van der Waals surface area contributed by atoms with E-state index in [4.69, 9.17) is 28.8 Å².